The van der Waals surface area contributed by atoms with Crippen LogP contribution in [0, 0.1) is 35.5 Å². The van der Waals surface area contributed by atoms with Crippen molar-refractivity contribution in [1.29, 1.82) is 0 Å². The van der Waals surface area contributed by atoms with Crippen LogP contribution in [-0.4, -0.2) is 67.1 Å². The average Bonchev–Trinajstić information content (AvgIpc) is 2.91. The lowest BCUT2D eigenvalue weighted by atomic mass is 9.82. The molecule has 0 aromatic rings. The Kier molecular flexibility index (Phi) is 18.9. The van der Waals surface area contributed by atoms with Gasteiger partial charge >= 0.3 is 5.97 Å². The number of hydrogen-bond donors (Lipinski definition) is 6. The first-order chi connectivity index (χ1) is 18.6. The van der Waals surface area contributed by atoms with Gasteiger partial charge in [-0.1, -0.05) is 96.7 Å². The molecule has 0 fully saturated rings. The highest BCUT2D eigenvalue weighted by Gasteiger charge is 2.27. The number of carboxylic acid groups (broad SMARTS) is 1. The van der Waals surface area contributed by atoms with Gasteiger partial charge in [0.05, 0.1) is 30.5 Å². The molecular weight excluding hydrogens is 508 g/mol. The van der Waals surface area contributed by atoms with Crippen molar-refractivity contribution in [3.63, 3.8) is 0 Å². The summed E-state index contributed by atoms with van der Waals surface area (Å²) in [5.74, 6) is -1.51. The van der Waals surface area contributed by atoms with Gasteiger partial charge < -0.3 is 30.6 Å². The third kappa shape index (κ3) is 15.1. The van der Waals surface area contributed by atoms with Crippen molar-refractivity contribution in [2.75, 3.05) is 0 Å². The van der Waals surface area contributed by atoms with Gasteiger partial charge in [0.1, 0.15) is 0 Å². The molecule has 0 saturated carbocycles. The van der Waals surface area contributed by atoms with Crippen LogP contribution in [0.5, 0.6) is 0 Å². The standard InChI is InChI=1S/C33H56O7/c1-9-10-12-23(4)32(38)27(8)29(35)18-15-21(2)19-26(7)31(37)24(5)16-17-28(34)20-30(36)22(3)13-11-14-25(6)33(39)40/h9-14,16-17,21-24,26-32,34-38H,1,15,18-20H2,2-8H3,(H,39,40)/t21-,22+,23-,24-,26-,27-,28+,29+,30-,31-,32-/m0/s1. The summed E-state index contributed by atoms with van der Waals surface area (Å²) in [5, 5.41) is 61.6. The van der Waals surface area contributed by atoms with Crippen LogP contribution < -0.4 is 0 Å². The topological polar surface area (TPSA) is 138 Å². The summed E-state index contributed by atoms with van der Waals surface area (Å²) in [6.45, 7) is 16.7. The highest BCUT2D eigenvalue weighted by atomic mass is 16.4. The van der Waals surface area contributed by atoms with Crippen molar-refractivity contribution in [3.8, 4) is 0 Å². The van der Waals surface area contributed by atoms with Crippen LogP contribution in [0.4, 0.5) is 0 Å². The van der Waals surface area contributed by atoms with E-state index < -0.39 is 36.5 Å². The third-order valence-corrected chi connectivity index (χ3v) is 7.91. The van der Waals surface area contributed by atoms with E-state index in [4.69, 9.17) is 5.11 Å². The van der Waals surface area contributed by atoms with Crippen molar-refractivity contribution < 1.29 is 35.4 Å². The fourth-order valence-electron chi connectivity index (χ4n) is 4.74. The van der Waals surface area contributed by atoms with Crippen molar-refractivity contribution in [1.82, 2.24) is 0 Å². The highest BCUT2D eigenvalue weighted by molar-refractivity contribution is 5.86. The number of aliphatic carboxylic acids is 1. The summed E-state index contributed by atoms with van der Waals surface area (Å²) in [4.78, 5) is 10.8. The maximum atomic E-state index is 10.8. The second-order valence-electron chi connectivity index (χ2n) is 11.8. The molecule has 0 aromatic heterocycles. The van der Waals surface area contributed by atoms with Gasteiger partial charge in [0.15, 0.2) is 0 Å². The molecular formula is C33H56O7. The van der Waals surface area contributed by atoms with Crippen LogP contribution in [0.2, 0.25) is 0 Å². The zero-order chi connectivity index (χ0) is 31.0. The molecule has 0 spiro atoms. The summed E-state index contributed by atoms with van der Waals surface area (Å²) in [6, 6.07) is 0. The van der Waals surface area contributed by atoms with Gasteiger partial charge in [-0.05, 0) is 38.0 Å². The van der Waals surface area contributed by atoms with Gasteiger partial charge in [-0.3, -0.25) is 0 Å². The SMILES string of the molecule is C=CC=C[C@H](C)[C@H](O)[C@@H](C)[C@H](O)CC[C@H](C)C[C@H](C)[C@@H](O)[C@@H](C)C=C[C@@H](O)C[C@H](O)[C@H](C)C=CC=C(C)C(=O)O. The normalized spacial score (nSPS) is 21.4. The molecule has 0 unspecified atom stereocenters. The first-order valence-corrected chi connectivity index (χ1v) is 14.6. The number of allylic oxidation sites excluding steroid dienone is 4. The molecule has 0 aliphatic heterocycles. The second kappa shape index (κ2) is 19.9. The Bertz CT molecular complexity index is 846. The van der Waals surface area contributed by atoms with Crippen molar-refractivity contribution in [2.24, 2.45) is 35.5 Å². The second-order valence-corrected chi connectivity index (χ2v) is 11.8. The van der Waals surface area contributed by atoms with E-state index in [-0.39, 0.29) is 47.5 Å². The first kappa shape index (κ1) is 38.0. The minimum Gasteiger partial charge on any atom is -0.478 e. The lowest BCUT2D eigenvalue weighted by Gasteiger charge is -2.29. The Balaban J connectivity index is 4.69. The quantitative estimate of drug-likeness (QED) is 0.0691. The minimum atomic E-state index is -0.999. The fourth-order valence-corrected chi connectivity index (χ4v) is 4.74. The van der Waals surface area contributed by atoms with E-state index in [1.54, 1.807) is 43.4 Å². The molecule has 0 aromatic carbocycles. The van der Waals surface area contributed by atoms with Crippen LogP contribution in [0.3, 0.4) is 0 Å². The zero-order valence-electron chi connectivity index (χ0n) is 25.6. The fraction of sp³-hybridized carbons (Fsp3) is 0.667. The number of carbonyl (C=O) groups is 1. The molecule has 0 aliphatic carbocycles. The van der Waals surface area contributed by atoms with Gasteiger partial charge in [0.25, 0.3) is 0 Å². The summed E-state index contributed by atoms with van der Waals surface area (Å²) in [7, 11) is 0. The lowest BCUT2D eigenvalue weighted by Crippen LogP contribution is -2.33. The summed E-state index contributed by atoms with van der Waals surface area (Å²) < 4.78 is 0. The molecule has 0 rings (SSSR count). The predicted molar refractivity (Wildman–Crippen MR) is 162 cm³/mol. The number of aliphatic hydroxyl groups is 5. The molecule has 7 heteroatoms. The molecule has 7 nitrogen and oxygen atoms in total. The Labute approximate surface area is 242 Å². The summed E-state index contributed by atoms with van der Waals surface area (Å²) >= 11 is 0. The van der Waals surface area contributed by atoms with Gasteiger partial charge in [0, 0.05) is 35.7 Å². The summed E-state index contributed by atoms with van der Waals surface area (Å²) in [5.41, 5.74) is 0.196. The van der Waals surface area contributed by atoms with Crippen molar-refractivity contribution >= 4 is 5.97 Å². The number of hydrogen-bond acceptors (Lipinski definition) is 6. The Morgan fingerprint density at radius 3 is 1.88 bits per heavy atom. The van der Waals surface area contributed by atoms with Gasteiger partial charge in [-0.25, -0.2) is 4.79 Å². The molecule has 0 amide bonds. The zero-order valence-corrected chi connectivity index (χ0v) is 25.6. The van der Waals surface area contributed by atoms with E-state index >= 15 is 0 Å². The molecule has 0 bridgehead atoms. The van der Waals surface area contributed by atoms with Crippen molar-refractivity contribution in [3.05, 3.63) is 60.8 Å². The lowest BCUT2D eigenvalue weighted by molar-refractivity contribution is -0.132. The van der Waals surface area contributed by atoms with E-state index in [0.717, 1.165) is 12.8 Å². The molecule has 6 N–H and O–H groups in total. The maximum Gasteiger partial charge on any atom is 0.331 e. The molecule has 0 heterocycles. The largest absolute Gasteiger partial charge is 0.478 e. The summed E-state index contributed by atoms with van der Waals surface area (Å²) in [6.07, 6.45) is 12.2. The molecule has 230 valence electrons. The van der Waals surface area contributed by atoms with Crippen LogP contribution in [0.25, 0.3) is 0 Å². The average molecular weight is 565 g/mol. The molecule has 40 heavy (non-hydrogen) atoms. The van der Waals surface area contributed by atoms with E-state index in [9.17, 15) is 30.3 Å². The Morgan fingerprint density at radius 1 is 0.725 bits per heavy atom. The van der Waals surface area contributed by atoms with Crippen LogP contribution in [-0.2, 0) is 4.79 Å². The maximum absolute atomic E-state index is 10.8. The van der Waals surface area contributed by atoms with E-state index in [1.807, 2.05) is 33.8 Å². The van der Waals surface area contributed by atoms with Gasteiger partial charge in [-0.2, -0.15) is 0 Å². The molecule has 11 atom stereocenters. The predicted octanol–water partition coefficient (Wildman–Crippen LogP) is 5.05. The van der Waals surface area contributed by atoms with Gasteiger partial charge in [0.2, 0.25) is 0 Å². The molecule has 0 saturated heterocycles. The third-order valence-electron chi connectivity index (χ3n) is 7.91. The number of rotatable bonds is 20. The Morgan fingerprint density at radius 2 is 1.30 bits per heavy atom. The Hall–Kier alpha value is -2.03. The van der Waals surface area contributed by atoms with E-state index in [0.29, 0.717) is 6.42 Å². The molecule has 0 aliphatic rings. The number of carboxylic acids is 1. The highest BCUT2D eigenvalue weighted by Crippen LogP contribution is 2.27. The van der Waals surface area contributed by atoms with Crippen LogP contribution in [0.1, 0.15) is 74.1 Å². The van der Waals surface area contributed by atoms with E-state index in [1.165, 1.54) is 13.0 Å². The van der Waals surface area contributed by atoms with Gasteiger partial charge in [-0.15, -0.1) is 0 Å². The van der Waals surface area contributed by atoms with Crippen LogP contribution in [0.15, 0.2) is 60.8 Å². The monoisotopic (exact) mass is 564 g/mol. The first-order valence-electron chi connectivity index (χ1n) is 14.6. The molecule has 0 radical (unpaired) electrons. The smallest absolute Gasteiger partial charge is 0.331 e. The van der Waals surface area contributed by atoms with Crippen molar-refractivity contribution in [2.45, 2.75) is 105 Å². The minimum absolute atomic E-state index is 0.00840. The number of aliphatic hydroxyl groups excluding tert-OH is 5. The van der Waals surface area contributed by atoms with Crippen LogP contribution >= 0.6 is 0 Å². The van der Waals surface area contributed by atoms with E-state index in [2.05, 4.69) is 13.5 Å².